The fourth-order valence-corrected chi connectivity index (χ4v) is 5.47. The Labute approximate surface area is 172 Å². The van der Waals surface area contributed by atoms with Gasteiger partial charge in [-0.05, 0) is 49.1 Å². The largest absolute Gasteiger partial charge is 0.418 e. The minimum absolute atomic E-state index is 0.109. The van der Waals surface area contributed by atoms with E-state index in [1.165, 1.54) is 39.9 Å². The van der Waals surface area contributed by atoms with Crippen molar-refractivity contribution >= 4 is 21.4 Å². The topological polar surface area (TPSA) is 79.5 Å². The average Bonchev–Trinajstić information content (AvgIpc) is 3.35. The molecule has 1 aromatic carbocycles. The van der Waals surface area contributed by atoms with Crippen molar-refractivity contribution in [1.82, 2.24) is 19.4 Å². The lowest BCUT2D eigenvalue weighted by Gasteiger charge is -2.25. The van der Waals surface area contributed by atoms with Crippen LogP contribution < -0.4 is 0 Å². The minimum atomic E-state index is -3.65. The Bertz CT molecular complexity index is 1050. The molecule has 7 nitrogen and oxygen atoms in total. The number of benzene rings is 1. The van der Waals surface area contributed by atoms with E-state index in [-0.39, 0.29) is 10.9 Å². The van der Waals surface area contributed by atoms with Crippen LogP contribution in [0.5, 0.6) is 0 Å². The first-order valence-corrected chi connectivity index (χ1v) is 11.6. The Hall–Kier alpha value is -2.14. The molecule has 1 aliphatic rings. The van der Waals surface area contributed by atoms with Gasteiger partial charge in [0.25, 0.3) is 5.89 Å². The second-order valence-corrected chi connectivity index (χ2v) is 9.73. The lowest BCUT2D eigenvalue weighted by molar-refractivity contribution is 0.193. The number of hydrogen-bond donors (Lipinski definition) is 0. The average molecular weight is 437 g/mol. The lowest BCUT2D eigenvalue weighted by atomic mass is 10.2. The summed E-state index contributed by atoms with van der Waals surface area (Å²) in [5.74, 6) is 0.557. The van der Waals surface area contributed by atoms with Gasteiger partial charge in [0.2, 0.25) is 15.9 Å². The zero-order valence-corrected chi connectivity index (χ0v) is 17.5. The molecule has 154 valence electrons. The van der Waals surface area contributed by atoms with E-state index in [0.717, 1.165) is 4.88 Å². The predicted octanol–water partition coefficient (Wildman–Crippen LogP) is 3.39. The van der Waals surface area contributed by atoms with Crippen molar-refractivity contribution in [3.63, 3.8) is 0 Å². The Morgan fingerprint density at radius 1 is 1.10 bits per heavy atom. The lowest BCUT2D eigenvalue weighted by Crippen LogP contribution is -2.36. The molecule has 0 saturated carbocycles. The van der Waals surface area contributed by atoms with Crippen LogP contribution in [0.4, 0.5) is 4.39 Å². The van der Waals surface area contributed by atoms with E-state index >= 15 is 0 Å². The van der Waals surface area contributed by atoms with Crippen LogP contribution in [0.2, 0.25) is 0 Å². The number of rotatable bonds is 5. The van der Waals surface area contributed by atoms with Crippen molar-refractivity contribution in [3.8, 4) is 10.8 Å². The third-order valence-corrected chi connectivity index (χ3v) is 7.79. The van der Waals surface area contributed by atoms with Gasteiger partial charge in [-0.1, -0.05) is 6.07 Å². The summed E-state index contributed by atoms with van der Waals surface area (Å²) < 4.78 is 46.2. The third kappa shape index (κ3) is 4.25. The molecule has 0 amide bonds. The van der Waals surface area contributed by atoms with Crippen LogP contribution in [0.3, 0.4) is 0 Å². The molecule has 1 aliphatic heterocycles. The first-order chi connectivity index (χ1) is 13.9. The molecule has 0 spiro atoms. The molecule has 4 rings (SSSR count). The molecular formula is C19H21FN4O3S2. The number of nitrogens with zero attached hydrogens (tertiary/aromatic N) is 4. The summed E-state index contributed by atoms with van der Waals surface area (Å²) in [7, 11) is -3.65. The van der Waals surface area contributed by atoms with Gasteiger partial charge in [0.1, 0.15) is 5.82 Å². The van der Waals surface area contributed by atoms with Crippen molar-refractivity contribution in [2.45, 2.75) is 24.3 Å². The van der Waals surface area contributed by atoms with Crippen molar-refractivity contribution < 1.29 is 17.2 Å². The first-order valence-electron chi connectivity index (χ1n) is 9.32. The molecule has 0 unspecified atom stereocenters. The van der Waals surface area contributed by atoms with Crippen LogP contribution in [0.1, 0.15) is 25.3 Å². The highest BCUT2D eigenvalue weighted by Crippen LogP contribution is 2.28. The third-order valence-electron chi connectivity index (χ3n) is 5.02. The van der Waals surface area contributed by atoms with Gasteiger partial charge in [0.05, 0.1) is 15.8 Å². The fourth-order valence-electron chi connectivity index (χ4n) is 3.36. The summed E-state index contributed by atoms with van der Waals surface area (Å²) in [6, 6.07) is 8.68. The summed E-state index contributed by atoms with van der Waals surface area (Å²) in [5.41, 5.74) is 0. The molecule has 1 fully saturated rings. The summed E-state index contributed by atoms with van der Waals surface area (Å²) in [6.07, 6.45) is 0.677. The minimum Gasteiger partial charge on any atom is -0.418 e. The second-order valence-electron chi connectivity index (χ2n) is 6.85. The van der Waals surface area contributed by atoms with Crippen molar-refractivity contribution in [3.05, 3.63) is 53.5 Å². The molecule has 3 heterocycles. The summed E-state index contributed by atoms with van der Waals surface area (Å²) in [6.45, 7) is 3.99. The SMILES string of the molecule is C[C@@H](c1nnc(-c2cccs2)o1)N1CCCN(S(=O)(=O)c2ccc(F)cc2)CC1. The summed E-state index contributed by atoms with van der Waals surface area (Å²) in [5, 5.41) is 10.3. The molecule has 0 radical (unpaired) electrons. The van der Waals surface area contributed by atoms with E-state index in [1.807, 2.05) is 24.4 Å². The zero-order chi connectivity index (χ0) is 20.4. The van der Waals surface area contributed by atoms with Crippen molar-refractivity contribution in [2.75, 3.05) is 26.2 Å². The van der Waals surface area contributed by atoms with Crippen LogP contribution in [0.15, 0.2) is 51.1 Å². The van der Waals surface area contributed by atoms with Crippen LogP contribution in [-0.4, -0.2) is 54.0 Å². The van der Waals surface area contributed by atoms with E-state index in [0.29, 0.717) is 44.4 Å². The Morgan fingerprint density at radius 3 is 2.62 bits per heavy atom. The number of aromatic nitrogens is 2. The molecule has 0 N–H and O–H groups in total. The quantitative estimate of drug-likeness (QED) is 0.610. The van der Waals surface area contributed by atoms with E-state index in [4.69, 9.17) is 4.42 Å². The number of halogens is 1. The van der Waals surface area contributed by atoms with Crippen LogP contribution >= 0.6 is 11.3 Å². The van der Waals surface area contributed by atoms with Gasteiger partial charge >= 0.3 is 0 Å². The predicted molar refractivity (Wildman–Crippen MR) is 107 cm³/mol. The van der Waals surface area contributed by atoms with Gasteiger partial charge in [-0.3, -0.25) is 4.90 Å². The second kappa shape index (κ2) is 8.31. The maximum absolute atomic E-state index is 13.1. The maximum atomic E-state index is 13.1. The molecule has 1 atom stereocenters. The standard InChI is InChI=1S/C19H21FN4O3S2/c1-14(18-21-22-19(27-18)17-4-2-13-28-17)23-9-3-10-24(12-11-23)29(25,26)16-7-5-15(20)6-8-16/h2,4-8,13-14H,3,9-12H2,1H3/t14-/m0/s1. The Morgan fingerprint density at radius 2 is 1.90 bits per heavy atom. The summed E-state index contributed by atoms with van der Waals surface area (Å²) >= 11 is 1.54. The van der Waals surface area contributed by atoms with Crippen LogP contribution in [0, 0.1) is 5.82 Å². The monoisotopic (exact) mass is 436 g/mol. The maximum Gasteiger partial charge on any atom is 0.257 e. The molecular weight excluding hydrogens is 415 g/mol. The summed E-state index contributed by atoms with van der Waals surface area (Å²) in [4.78, 5) is 3.17. The fraction of sp³-hybridized carbons (Fsp3) is 0.368. The molecule has 29 heavy (non-hydrogen) atoms. The van der Waals surface area contributed by atoms with Gasteiger partial charge in [-0.15, -0.1) is 21.5 Å². The highest BCUT2D eigenvalue weighted by molar-refractivity contribution is 7.89. The van der Waals surface area contributed by atoms with Gasteiger partial charge in [-0.2, -0.15) is 4.31 Å². The van der Waals surface area contributed by atoms with E-state index in [1.54, 1.807) is 0 Å². The van der Waals surface area contributed by atoms with E-state index < -0.39 is 15.8 Å². The Kier molecular flexibility index (Phi) is 5.77. The van der Waals surface area contributed by atoms with Crippen LogP contribution in [0.25, 0.3) is 10.8 Å². The van der Waals surface area contributed by atoms with Gasteiger partial charge in [-0.25, -0.2) is 12.8 Å². The Balaban J connectivity index is 1.45. The number of sulfonamides is 1. The van der Waals surface area contributed by atoms with Gasteiger partial charge in [0.15, 0.2) is 0 Å². The smallest absolute Gasteiger partial charge is 0.257 e. The van der Waals surface area contributed by atoms with Crippen molar-refractivity contribution in [1.29, 1.82) is 0 Å². The normalized spacial score (nSPS) is 17.9. The van der Waals surface area contributed by atoms with Gasteiger partial charge < -0.3 is 4.42 Å². The van der Waals surface area contributed by atoms with E-state index in [2.05, 4.69) is 15.1 Å². The van der Waals surface area contributed by atoms with Crippen LogP contribution in [-0.2, 0) is 10.0 Å². The van der Waals surface area contributed by atoms with E-state index in [9.17, 15) is 12.8 Å². The van der Waals surface area contributed by atoms with Gasteiger partial charge in [0, 0.05) is 26.2 Å². The number of thiophene rings is 1. The van der Waals surface area contributed by atoms with Crippen molar-refractivity contribution in [2.24, 2.45) is 0 Å². The molecule has 2 aromatic heterocycles. The molecule has 1 saturated heterocycles. The molecule has 3 aromatic rings. The highest BCUT2D eigenvalue weighted by atomic mass is 32.2. The highest BCUT2D eigenvalue weighted by Gasteiger charge is 2.30. The number of hydrogen-bond acceptors (Lipinski definition) is 7. The molecule has 0 aliphatic carbocycles. The molecule has 0 bridgehead atoms. The first kappa shape index (κ1) is 20.1. The molecule has 10 heteroatoms. The zero-order valence-electron chi connectivity index (χ0n) is 15.9.